The van der Waals surface area contributed by atoms with E-state index >= 15 is 0 Å². The third-order valence-corrected chi connectivity index (χ3v) is 3.20. The SMILES string of the molecule is N[C@H](CO)Cc1cccc(-c2ccsc2)c1. The second kappa shape index (κ2) is 5.25. The summed E-state index contributed by atoms with van der Waals surface area (Å²) in [7, 11) is 0. The quantitative estimate of drug-likeness (QED) is 0.851. The highest BCUT2D eigenvalue weighted by Crippen LogP contribution is 2.23. The van der Waals surface area contributed by atoms with E-state index in [9.17, 15) is 0 Å². The normalized spacial score (nSPS) is 12.6. The van der Waals surface area contributed by atoms with Crippen LogP contribution in [0.1, 0.15) is 5.56 Å². The van der Waals surface area contributed by atoms with Crippen molar-refractivity contribution < 1.29 is 5.11 Å². The molecule has 0 bridgehead atoms. The number of hydrogen-bond acceptors (Lipinski definition) is 3. The van der Waals surface area contributed by atoms with Crippen LogP contribution in [0.4, 0.5) is 0 Å². The van der Waals surface area contributed by atoms with Gasteiger partial charge in [-0.1, -0.05) is 24.3 Å². The first kappa shape index (κ1) is 11.3. The molecule has 0 radical (unpaired) electrons. The van der Waals surface area contributed by atoms with E-state index in [2.05, 4.69) is 29.0 Å². The molecule has 2 rings (SSSR count). The number of rotatable bonds is 4. The molecule has 1 atom stereocenters. The molecule has 1 aromatic heterocycles. The molecular formula is C13H15NOS. The van der Waals surface area contributed by atoms with Crippen LogP contribution in [0.5, 0.6) is 0 Å². The summed E-state index contributed by atoms with van der Waals surface area (Å²) in [4.78, 5) is 0. The van der Waals surface area contributed by atoms with Crippen molar-refractivity contribution >= 4 is 11.3 Å². The van der Waals surface area contributed by atoms with Gasteiger partial charge in [0.05, 0.1) is 6.61 Å². The highest BCUT2D eigenvalue weighted by atomic mass is 32.1. The molecule has 0 aliphatic carbocycles. The van der Waals surface area contributed by atoms with Crippen molar-refractivity contribution in [3.8, 4) is 11.1 Å². The maximum atomic E-state index is 8.93. The Labute approximate surface area is 99.4 Å². The molecule has 0 saturated heterocycles. The molecule has 2 nitrogen and oxygen atoms in total. The average molecular weight is 233 g/mol. The number of aliphatic hydroxyl groups excluding tert-OH is 1. The summed E-state index contributed by atoms with van der Waals surface area (Å²) in [5.41, 5.74) is 9.35. The minimum atomic E-state index is -0.169. The molecule has 3 heteroatoms. The van der Waals surface area contributed by atoms with Gasteiger partial charge in [0.25, 0.3) is 0 Å². The van der Waals surface area contributed by atoms with E-state index < -0.39 is 0 Å². The molecule has 84 valence electrons. The third-order valence-electron chi connectivity index (χ3n) is 2.51. The van der Waals surface area contributed by atoms with Gasteiger partial charge in [-0.25, -0.2) is 0 Å². The maximum absolute atomic E-state index is 8.93. The highest BCUT2D eigenvalue weighted by molar-refractivity contribution is 7.08. The van der Waals surface area contributed by atoms with E-state index in [0.29, 0.717) is 6.42 Å². The second-order valence-corrected chi connectivity index (χ2v) is 4.64. The molecular weight excluding hydrogens is 218 g/mol. The Morgan fingerprint density at radius 3 is 2.81 bits per heavy atom. The van der Waals surface area contributed by atoms with Crippen molar-refractivity contribution in [2.45, 2.75) is 12.5 Å². The van der Waals surface area contributed by atoms with Crippen molar-refractivity contribution in [3.05, 3.63) is 46.7 Å². The summed E-state index contributed by atoms with van der Waals surface area (Å²) in [6, 6.07) is 10.2. The smallest absolute Gasteiger partial charge is 0.0585 e. The number of nitrogens with two attached hydrogens (primary N) is 1. The lowest BCUT2D eigenvalue weighted by atomic mass is 10.0. The van der Waals surface area contributed by atoms with Gasteiger partial charge >= 0.3 is 0 Å². The standard InChI is InChI=1S/C13H15NOS/c14-13(8-15)7-10-2-1-3-11(6-10)12-4-5-16-9-12/h1-6,9,13,15H,7-8,14H2/t13-/m0/s1. The Morgan fingerprint density at radius 1 is 1.25 bits per heavy atom. The summed E-state index contributed by atoms with van der Waals surface area (Å²) in [6.45, 7) is 0.0304. The molecule has 3 N–H and O–H groups in total. The van der Waals surface area contributed by atoms with Gasteiger partial charge in [0.2, 0.25) is 0 Å². The largest absolute Gasteiger partial charge is 0.395 e. The molecule has 0 unspecified atom stereocenters. The molecule has 1 aromatic carbocycles. The van der Waals surface area contributed by atoms with E-state index in [1.807, 2.05) is 12.1 Å². The predicted molar refractivity (Wildman–Crippen MR) is 68.5 cm³/mol. The summed E-state index contributed by atoms with van der Waals surface area (Å²) in [6.07, 6.45) is 0.717. The molecule has 1 heterocycles. The first-order valence-electron chi connectivity index (χ1n) is 5.27. The predicted octanol–water partition coefficient (Wildman–Crippen LogP) is 2.28. The van der Waals surface area contributed by atoms with E-state index in [1.54, 1.807) is 11.3 Å². The lowest BCUT2D eigenvalue weighted by molar-refractivity contribution is 0.265. The fourth-order valence-electron chi connectivity index (χ4n) is 1.67. The Kier molecular flexibility index (Phi) is 3.72. The van der Waals surface area contributed by atoms with Crippen molar-refractivity contribution in [2.24, 2.45) is 5.73 Å². The van der Waals surface area contributed by atoms with Crippen LogP contribution >= 0.6 is 11.3 Å². The molecule has 0 saturated carbocycles. The molecule has 0 aliphatic rings. The fraction of sp³-hybridized carbons (Fsp3) is 0.231. The van der Waals surface area contributed by atoms with E-state index in [0.717, 1.165) is 0 Å². The minimum absolute atomic E-state index is 0.0304. The molecule has 2 aromatic rings. The van der Waals surface area contributed by atoms with Crippen molar-refractivity contribution in [1.29, 1.82) is 0 Å². The van der Waals surface area contributed by atoms with Crippen molar-refractivity contribution in [2.75, 3.05) is 6.61 Å². The molecule has 0 spiro atoms. The zero-order chi connectivity index (χ0) is 11.4. The van der Waals surface area contributed by atoms with Gasteiger partial charge in [-0.15, -0.1) is 0 Å². The average Bonchev–Trinajstić information content (AvgIpc) is 2.83. The fourth-order valence-corrected chi connectivity index (χ4v) is 2.34. The molecule has 0 aliphatic heterocycles. The van der Waals surface area contributed by atoms with Gasteiger partial charge in [-0.3, -0.25) is 0 Å². The Hall–Kier alpha value is -1.16. The Bertz CT molecular complexity index is 439. The van der Waals surface area contributed by atoms with Crippen LogP contribution in [-0.4, -0.2) is 17.8 Å². The van der Waals surface area contributed by atoms with Gasteiger partial charge in [-0.2, -0.15) is 11.3 Å². The summed E-state index contributed by atoms with van der Waals surface area (Å²) >= 11 is 1.69. The first-order chi connectivity index (χ1) is 7.79. The van der Waals surface area contributed by atoms with Gasteiger partial charge in [0.15, 0.2) is 0 Å². The maximum Gasteiger partial charge on any atom is 0.0585 e. The monoisotopic (exact) mass is 233 g/mol. The lowest BCUT2D eigenvalue weighted by Crippen LogP contribution is -2.26. The topological polar surface area (TPSA) is 46.2 Å². The summed E-state index contributed by atoms with van der Waals surface area (Å²) in [5.74, 6) is 0. The molecule has 16 heavy (non-hydrogen) atoms. The minimum Gasteiger partial charge on any atom is -0.395 e. The number of benzene rings is 1. The number of hydrogen-bond donors (Lipinski definition) is 2. The van der Waals surface area contributed by atoms with Crippen molar-refractivity contribution in [3.63, 3.8) is 0 Å². The zero-order valence-electron chi connectivity index (χ0n) is 8.97. The zero-order valence-corrected chi connectivity index (χ0v) is 9.78. The van der Waals surface area contributed by atoms with Gasteiger partial charge < -0.3 is 10.8 Å². The van der Waals surface area contributed by atoms with Crippen molar-refractivity contribution in [1.82, 2.24) is 0 Å². The van der Waals surface area contributed by atoms with Crippen LogP contribution < -0.4 is 5.73 Å². The number of thiophene rings is 1. The van der Waals surface area contributed by atoms with Crippen LogP contribution in [-0.2, 0) is 6.42 Å². The number of aliphatic hydroxyl groups is 1. The lowest BCUT2D eigenvalue weighted by Gasteiger charge is -2.09. The van der Waals surface area contributed by atoms with Gasteiger partial charge in [0.1, 0.15) is 0 Å². The van der Waals surface area contributed by atoms with E-state index in [-0.39, 0.29) is 12.6 Å². The van der Waals surface area contributed by atoms with E-state index in [4.69, 9.17) is 10.8 Å². The Balaban J connectivity index is 2.20. The Morgan fingerprint density at radius 2 is 2.12 bits per heavy atom. The van der Waals surface area contributed by atoms with E-state index in [1.165, 1.54) is 16.7 Å². The second-order valence-electron chi connectivity index (χ2n) is 3.86. The van der Waals surface area contributed by atoms with Crippen LogP contribution in [0.3, 0.4) is 0 Å². The molecule has 0 fully saturated rings. The molecule has 0 amide bonds. The summed E-state index contributed by atoms with van der Waals surface area (Å²) < 4.78 is 0. The van der Waals surface area contributed by atoms with Crippen LogP contribution in [0, 0.1) is 0 Å². The summed E-state index contributed by atoms with van der Waals surface area (Å²) in [5, 5.41) is 13.1. The van der Waals surface area contributed by atoms with Gasteiger partial charge in [-0.05, 0) is 39.9 Å². The van der Waals surface area contributed by atoms with Gasteiger partial charge in [0, 0.05) is 6.04 Å². The van der Waals surface area contributed by atoms with Crippen LogP contribution in [0.25, 0.3) is 11.1 Å². The van der Waals surface area contributed by atoms with Crippen LogP contribution in [0.2, 0.25) is 0 Å². The van der Waals surface area contributed by atoms with Crippen LogP contribution in [0.15, 0.2) is 41.1 Å². The first-order valence-corrected chi connectivity index (χ1v) is 6.22. The third kappa shape index (κ3) is 2.70. The highest BCUT2D eigenvalue weighted by Gasteiger charge is 2.04.